The van der Waals surface area contributed by atoms with Crippen LogP contribution in [0.2, 0.25) is 0 Å². The molecule has 0 atom stereocenters. The molecule has 4 rings (SSSR count). The monoisotopic (exact) mass is 303 g/mol. The highest BCUT2D eigenvalue weighted by atomic mass is 19.1. The van der Waals surface area contributed by atoms with Crippen molar-refractivity contribution in [2.45, 2.75) is 6.54 Å². The second-order valence-corrected chi connectivity index (χ2v) is 5.40. The average Bonchev–Trinajstić information content (AvgIpc) is 3.04. The first-order valence-corrected chi connectivity index (χ1v) is 7.42. The first-order valence-electron chi connectivity index (χ1n) is 7.42. The Morgan fingerprint density at radius 1 is 0.913 bits per heavy atom. The zero-order chi connectivity index (χ0) is 15.6. The van der Waals surface area contributed by atoms with E-state index < -0.39 is 0 Å². The highest BCUT2D eigenvalue weighted by Gasteiger charge is 2.06. The van der Waals surface area contributed by atoms with Crippen molar-refractivity contribution in [3.63, 3.8) is 0 Å². The van der Waals surface area contributed by atoms with E-state index in [9.17, 15) is 4.39 Å². The molecule has 0 aliphatic carbocycles. The fraction of sp³-hybridized carbons (Fsp3) is 0.0526. The van der Waals surface area contributed by atoms with Crippen LogP contribution in [0.15, 0.2) is 73.1 Å². The van der Waals surface area contributed by atoms with Crippen LogP contribution >= 0.6 is 0 Å². The molecule has 4 aromatic rings. The highest BCUT2D eigenvalue weighted by Crippen LogP contribution is 2.20. The summed E-state index contributed by atoms with van der Waals surface area (Å²) in [5.41, 5.74) is 3.85. The number of fused-ring (bicyclic) bond motifs is 1. The van der Waals surface area contributed by atoms with Gasteiger partial charge in [0.05, 0.1) is 17.8 Å². The van der Waals surface area contributed by atoms with Gasteiger partial charge >= 0.3 is 0 Å². The SMILES string of the molecule is Fc1ccc(-c2ccn(Cc3cccc4cccnc34)n2)cc1. The van der Waals surface area contributed by atoms with Gasteiger partial charge in [0.25, 0.3) is 0 Å². The summed E-state index contributed by atoms with van der Waals surface area (Å²) in [4.78, 5) is 4.47. The van der Waals surface area contributed by atoms with Gasteiger partial charge in [-0.05, 0) is 42.0 Å². The maximum atomic E-state index is 13.0. The van der Waals surface area contributed by atoms with E-state index in [-0.39, 0.29) is 5.82 Å². The number of rotatable bonds is 3. The van der Waals surface area contributed by atoms with E-state index >= 15 is 0 Å². The Kier molecular flexibility index (Phi) is 3.35. The lowest BCUT2D eigenvalue weighted by Crippen LogP contribution is -2.01. The molecule has 4 heteroatoms. The van der Waals surface area contributed by atoms with Crippen molar-refractivity contribution >= 4 is 10.9 Å². The molecule has 0 N–H and O–H groups in total. The summed E-state index contributed by atoms with van der Waals surface area (Å²) in [5, 5.41) is 5.70. The minimum Gasteiger partial charge on any atom is -0.268 e. The third-order valence-corrected chi connectivity index (χ3v) is 3.83. The molecule has 2 heterocycles. The lowest BCUT2D eigenvalue weighted by atomic mass is 10.1. The van der Waals surface area contributed by atoms with Gasteiger partial charge in [-0.1, -0.05) is 24.3 Å². The molecule has 2 aromatic heterocycles. The Labute approximate surface area is 133 Å². The quantitative estimate of drug-likeness (QED) is 0.565. The van der Waals surface area contributed by atoms with E-state index in [2.05, 4.69) is 28.3 Å². The van der Waals surface area contributed by atoms with Crippen LogP contribution in [-0.2, 0) is 6.54 Å². The lowest BCUT2D eigenvalue weighted by Gasteiger charge is -2.06. The third-order valence-electron chi connectivity index (χ3n) is 3.83. The normalized spacial score (nSPS) is 11.0. The molecule has 0 fully saturated rings. The van der Waals surface area contributed by atoms with Crippen LogP contribution in [0.3, 0.4) is 0 Å². The number of hydrogen-bond acceptors (Lipinski definition) is 2. The maximum absolute atomic E-state index is 13.0. The smallest absolute Gasteiger partial charge is 0.123 e. The number of hydrogen-bond donors (Lipinski definition) is 0. The van der Waals surface area contributed by atoms with E-state index in [0.29, 0.717) is 6.54 Å². The first kappa shape index (κ1) is 13.6. The van der Waals surface area contributed by atoms with E-state index in [1.807, 2.05) is 29.1 Å². The fourth-order valence-electron chi connectivity index (χ4n) is 2.69. The molecule has 0 bridgehead atoms. The van der Waals surface area contributed by atoms with Crippen LogP contribution in [0.4, 0.5) is 4.39 Å². The molecular weight excluding hydrogens is 289 g/mol. The van der Waals surface area contributed by atoms with E-state index in [4.69, 9.17) is 0 Å². The zero-order valence-corrected chi connectivity index (χ0v) is 12.4. The summed E-state index contributed by atoms with van der Waals surface area (Å²) >= 11 is 0. The molecule has 0 radical (unpaired) electrons. The molecule has 3 nitrogen and oxygen atoms in total. The number of nitrogens with zero attached hydrogens (tertiary/aromatic N) is 3. The van der Waals surface area contributed by atoms with Crippen LogP contribution in [0.5, 0.6) is 0 Å². The molecule has 0 saturated heterocycles. The highest BCUT2D eigenvalue weighted by molar-refractivity contribution is 5.81. The molecule has 0 amide bonds. The number of para-hydroxylation sites is 1. The number of benzene rings is 2. The zero-order valence-electron chi connectivity index (χ0n) is 12.4. The van der Waals surface area contributed by atoms with Crippen LogP contribution < -0.4 is 0 Å². The standard InChI is InChI=1S/C19H14FN3/c20-17-8-6-14(7-9-17)18-10-12-23(22-18)13-16-4-1-3-15-5-2-11-21-19(15)16/h1-12H,13H2. The molecular formula is C19H14FN3. The fourth-order valence-corrected chi connectivity index (χ4v) is 2.69. The van der Waals surface area contributed by atoms with Crippen molar-refractivity contribution in [3.05, 3.63) is 84.4 Å². The number of pyridine rings is 1. The average molecular weight is 303 g/mol. The first-order chi connectivity index (χ1) is 11.3. The van der Waals surface area contributed by atoms with Gasteiger partial charge in [0.1, 0.15) is 5.82 Å². The predicted molar refractivity (Wildman–Crippen MR) is 88.5 cm³/mol. The van der Waals surface area contributed by atoms with Gasteiger partial charge in [0.15, 0.2) is 0 Å². The van der Waals surface area contributed by atoms with Crippen LogP contribution in [0.1, 0.15) is 5.56 Å². The van der Waals surface area contributed by atoms with Gasteiger partial charge in [-0.2, -0.15) is 5.10 Å². The summed E-state index contributed by atoms with van der Waals surface area (Å²) < 4.78 is 14.9. The molecule has 0 aliphatic rings. The van der Waals surface area contributed by atoms with Gasteiger partial charge in [-0.15, -0.1) is 0 Å². The van der Waals surface area contributed by atoms with Crippen LogP contribution in [-0.4, -0.2) is 14.8 Å². The van der Waals surface area contributed by atoms with Gasteiger partial charge in [0, 0.05) is 23.3 Å². The predicted octanol–water partition coefficient (Wildman–Crippen LogP) is 4.29. The molecule has 0 unspecified atom stereocenters. The van der Waals surface area contributed by atoms with Gasteiger partial charge in [0.2, 0.25) is 0 Å². The number of halogens is 1. The van der Waals surface area contributed by atoms with Crippen molar-refractivity contribution in [2.75, 3.05) is 0 Å². The second-order valence-electron chi connectivity index (χ2n) is 5.40. The molecule has 112 valence electrons. The van der Waals surface area contributed by atoms with E-state index in [1.54, 1.807) is 18.3 Å². The van der Waals surface area contributed by atoms with E-state index in [1.165, 1.54) is 12.1 Å². The van der Waals surface area contributed by atoms with Crippen LogP contribution in [0, 0.1) is 5.82 Å². The Morgan fingerprint density at radius 3 is 2.61 bits per heavy atom. The summed E-state index contributed by atoms with van der Waals surface area (Å²) in [7, 11) is 0. The Morgan fingerprint density at radius 2 is 1.74 bits per heavy atom. The van der Waals surface area contributed by atoms with Gasteiger partial charge in [-0.25, -0.2) is 4.39 Å². The number of aromatic nitrogens is 3. The summed E-state index contributed by atoms with van der Waals surface area (Å²) in [6.07, 6.45) is 3.74. The van der Waals surface area contributed by atoms with Crippen LogP contribution in [0.25, 0.3) is 22.2 Å². The molecule has 0 aliphatic heterocycles. The van der Waals surface area contributed by atoms with Crippen molar-refractivity contribution < 1.29 is 4.39 Å². The van der Waals surface area contributed by atoms with Crippen molar-refractivity contribution in [3.8, 4) is 11.3 Å². The lowest BCUT2D eigenvalue weighted by molar-refractivity contribution is 0.628. The topological polar surface area (TPSA) is 30.7 Å². The van der Waals surface area contributed by atoms with Gasteiger partial charge < -0.3 is 0 Å². The summed E-state index contributed by atoms with van der Waals surface area (Å²) in [6, 6.07) is 18.4. The van der Waals surface area contributed by atoms with Crippen molar-refractivity contribution in [1.29, 1.82) is 0 Å². The second kappa shape index (κ2) is 5.65. The maximum Gasteiger partial charge on any atom is 0.123 e. The molecule has 0 saturated carbocycles. The third kappa shape index (κ3) is 2.71. The largest absolute Gasteiger partial charge is 0.268 e. The van der Waals surface area contributed by atoms with Gasteiger partial charge in [-0.3, -0.25) is 9.67 Å². The molecule has 0 spiro atoms. The van der Waals surface area contributed by atoms with Crippen molar-refractivity contribution in [2.24, 2.45) is 0 Å². The Balaban J connectivity index is 1.66. The minimum atomic E-state index is -0.241. The van der Waals surface area contributed by atoms with E-state index in [0.717, 1.165) is 27.7 Å². The molecule has 2 aromatic carbocycles. The van der Waals surface area contributed by atoms with Crippen molar-refractivity contribution in [1.82, 2.24) is 14.8 Å². The Bertz CT molecular complexity index is 952. The minimum absolute atomic E-state index is 0.241. The Hall–Kier alpha value is -3.01. The summed E-state index contributed by atoms with van der Waals surface area (Å²) in [6.45, 7) is 0.648. The summed E-state index contributed by atoms with van der Waals surface area (Å²) in [5.74, 6) is -0.241. The molecule has 23 heavy (non-hydrogen) atoms.